The average molecular weight is 219 g/mol. The van der Waals surface area contributed by atoms with Crippen LogP contribution in [0.1, 0.15) is 10.4 Å². The van der Waals surface area contributed by atoms with Crippen LogP contribution in [0.2, 0.25) is 5.02 Å². The summed E-state index contributed by atoms with van der Waals surface area (Å²) in [6.07, 6.45) is 0. The van der Waals surface area contributed by atoms with Gasteiger partial charge in [0.1, 0.15) is 0 Å². The van der Waals surface area contributed by atoms with Crippen LogP contribution in [0.5, 0.6) is 0 Å². The lowest BCUT2D eigenvalue weighted by Crippen LogP contribution is -2.07. The van der Waals surface area contributed by atoms with Crippen LogP contribution in [0, 0.1) is 0 Å². The van der Waals surface area contributed by atoms with Gasteiger partial charge < -0.3 is 11.5 Å². The standard InChI is InChI=1S/C8H8Cl2N2O/c9-3-6(13)4-1-2-5(10)8(12)7(4)11/h1-2H,3,11-12H2. The van der Waals surface area contributed by atoms with Gasteiger partial charge >= 0.3 is 0 Å². The molecule has 0 aromatic heterocycles. The van der Waals surface area contributed by atoms with Crippen molar-refractivity contribution in [1.29, 1.82) is 0 Å². The molecule has 1 aromatic carbocycles. The number of ketones is 1. The highest BCUT2D eigenvalue weighted by atomic mass is 35.5. The van der Waals surface area contributed by atoms with Gasteiger partial charge in [0.05, 0.1) is 22.3 Å². The summed E-state index contributed by atoms with van der Waals surface area (Å²) in [6.45, 7) is 0. The third kappa shape index (κ3) is 1.87. The van der Waals surface area contributed by atoms with Gasteiger partial charge in [-0.1, -0.05) is 11.6 Å². The number of hydrogen-bond acceptors (Lipinski definition) is 3. The van der Waals surface area contributed by atoms with Gasteiger partial charge in [0, 0.05) is 5.56 Å². The first-order valence-corrected chi connectivity index (χ1v) is 4.41. The molecule has 13 heavy (non-hydrogen) atoms. The van der Waals surface area contributed by atoms with Crippen LogP contribution < -0.4 is 11.5 Å². The van der Waals surface area contributed by atoms with Crippen molar-refractivity contribution in [3.05, 3.63) is 22.7 Å². The fourth-order valence-electron chi connectivity index (χ4n) is 0.925. The molecule has 0 saturated heterocycles. The van der Waals surface area contributed by atoms with Crippen LogP contribution in [-0.4, -0.2) is 11.7 Å². The molecule has 5 heteroatoms. The van der Waals surface area contributed by atoms with E-state index < -0.39 is 0 Å². The van der Waals surface area contributed by atoms with Gasteiger partial charge in [-0.05, 0) is 12.1 Å². The fourth-order valence-corrected chi connectivity index (χ4v) is 1.23. The Morgan fingerprint density at radius 1 is 1.31 bits per heavy atom. The van der Waals surface area contributed by atoms with Crippen LogP contribution >= 0.6 is 23.2 Å². The molecule has 0 saturated carbocycles. The van der Waals surface area contributed by atoms with E-state index >= 15 is 0 Å². The summed E-state index contributed by atoms with van der Waals surface area (Å²) >= 11 is 11.1. The first-order valence-electron chi connectivity index (χ1n) is 3.50. The summed E-state index contributed by atoms with van der Waals surface area (Å²) in [5.74, 6) is -0.381. The molecule has 0 aliphatic carbocycles. The molecule has 1 rings (SSSR count). The van der Waals surface area contributed by atoms with Crippen molar-refractivity contribution in [3.63, 3.8) is 0 Å². The molecule has 0 unspecified atom stereocenters. The highest BCUT2D eigenvalue weighted by Crippen LogP contribution is 2.28. The molecule has 0 amide bonds. The predicted octanol–water partition coefficient (Wildman–Crippen LogP) is 1.93. The van der Waals surface area contributed by atoms with E-state index in [9.17, 15) is 4.79 Å². The minimum absolute atomic E-state index is 0.120. The molecule has 3 nitrogen and oxygen atoms in total. The largest absolute Gasteiger partial charge is 0.396 e. The summed E-state index contributed by atoms with van der Waals surface area (Å²) in [7, 11) is 0. The molecule has 1 aromatic rings. The molecule has 0 spiro atoms. The molecule has 4 N–H and O–H groups in total. The summed E-state index contributed by atoms with van der Waals surface area (Å²) in [5, 5.41) is 0.337. The maximum Gasteiger partial charge on any atom is 0.179 e. The van der Waals surface area contributed by atoms with Crippen LogP contribution in [-0.2, 0) is 0 Å². The average Bonchev–Trinajstić information content (AvgIpc) is 2.13. The van der Waals surface area contributed by atoms with Crippen molar-refractivity contribution in [2.75, 3.05) is 17.3 Å². The van der Waals surface area contributed by atoms with Gasteiger partial charge in [-0.3, -0.25) is 4.79 Å². The zero-order valence-corrected chi connectivity index (χ0v) is 8.19. The lowest BCUT2D eigenvalue weighted by Gasteiger charge is -2.06. The second-order valence-corrected chi connectivity index (χ2v) is 3.15. The Bertz CT molecular complexity index is 352. The Balaban J connectivity index is 3.26. The number of halogens is 2. The first-order chi connectivity index (χ1) is 6.07. The highest BCUT2D eigenvalue weighted by Gasteiger charge is 2.12. The van der Waals surface area contributed by atoms with Gasteiger partial charge in [0.15, 0.2) is 5.78 Å². The van der Waals surface area contributed by atoms with E-state index in [2.05, 4.69) is 0 Å². The quantitative estimate of drug-likeness (QED) is 0.453. The first kappa shape index (κ1) is 10.2. The number of rotatable bonds is 2. The summed E-state index contributed by atoms with van der Waals surface area (Å²) in [5.41, 5.74) is 11.8. The molecule has 0 heterocycles. The number of hydrogen-bond donors (Lipinski definition) is 2. The second-order valence-electron chi connectivity index (χ2n) is 2.48. The van der Waals surface area contributed by atoms with Crippen LogP contribution in [0.15, 0.2) is 12.1 Å². The van der Waals surface area contributed by atoms with E-state index in [1.54, 1.807) is 0 Å². The number of nitrogen functional groups attached to an aromatic ring is 2. The number of nitrogens with two attached hydrogens (primary N) is 2. The lowest BCUT2D eigenvalue weighted by molar-refractivity contribution is 0.102. The van der Waals surface area contributed by atoms with Gasteiger partial charge in [0.25, 0.3) is 0 Å². The van der Waals surface area contributed by atoms with Crippen LogP contribution in [0.4, 0.5) is 11.4 Å². The predicted molar refractivity (Wildman–Crippen MR) is 55.3 cm³/mol. The molecule has 0 aliphatic heterocycles. The zero-order valence-electron chi connectivity index (χ0n) is 6.68. The zero-order chi connectivity index (χ0) is 10.0. The topological polar surface area (TPSA) is 69.1 Å². The normalized spacial score (nSPS) is 10.0. The number of alkyl halides is 1. The summed E-state index contributed by atoms with van der Waals surface area (Å²) in [4.78, 5) is 11.2. The van der Waals surface area contributed by atoms with Gasteiger partial charge in [-0.2, -0.15) is 0 Å². The Morgan fingerprint density at radius 3 is 2.46 bits per heavy atom. The molecular formula is C8H8Cl2N2O. The number of benzene rings is 1. The maximum absolute atomic E-state index is 11.2. The minimum Gasteiger partial charge on any atom is -0.396 e. The third-order valence-electron chi connectivity index (χ3n) is 1.66. The minimum atomic E-state index is -0.262. The lowest BCUT2D eigenvalue weighted by atomic mass is 10.1. The molecule has 0 aliphatic rings. The van der Waals surface area contributed by atoms with Crippen molar-refractivity contribution >= 4 is 40.4 Å². The molecule has 0 bridgehead atoms. The monoisotopic (exact) mass is 218 g/mol. The molecule has 0 atom stereocenters. The third-order valence-corrected chi connectivity index (χ3v) is 2.23. The number of carbonyl (C=O) groups is 1. The van der Waals surface area contributed by atoms with E-state index in [0.717, 1.165) is 0 Å². The van der Waals surface area contributed by atoms with Crippen molar-refractivity contribution in [1.82, 2.24) is 0 Å². The molecule has 70 valence electrons. The summed E-state index contributed by atoms with van der Waals surface area (Å²) in [6, 6.07) is 3.03. The van der Waals surface area contributed by atoms with E-state index in [0.29, 0.717) is 10.6 Å². The van der Waals surface area contributed by atoms with E-state index in [4.69, 9.17) is 34.7 Å². The van der Waals surface area contributed by atoms with Crippen molar-refractivity contribution in [2.24, 2.45) is 0 Å². The Hall–Kier alpha value is -0.930. The van der Waals surface area contributed by atoms with Gasteiger partial charge in [0.2, 0.25) is 0 Å². The molecule has 0 fully saturated rings. The molecule has 0 radical (unpaired) electrons. The van der Waals surface area contributed by atoms with Crippen molar-refractivity contribution in [3.8, 4) is 0 Å². The fraction of sp³-hybridized carbons (Fsp3) is 0.125. The van der Waals surface area contributed by atoms with Crippen molar-refractivity contribution in [2.45, 2.75) is 0 Å². The van der Waals surface area contributed by atoms with E-state index in [-0.39, 0.29) is 23.0 Å². The number of Topliss-reactive ketones (excluding diaryl/α,β-unsaturated/α-hetero) is 1. The Morgan fingerprint density at radius 2 is 1.92 bits per heavy atom. The van der Waals surface area contributed by atoms with Crippen LogP contribution in [0.25, 0.3) is 0 Å². The molecular weight excluding hydrogens is 211 g/mol. The highest BCUT2D eigenvalue weighted by molar-refractivity contribution is 6.35. The summed E-state index contributed by atoms with van der Waals surface area (Å²) < 4.78 is 0. The van der Waals surface area contributed by atoms with Gasteiger partial charge in [-0.25, -0.2) is 0 Å². The Kier molecular flexibility index (Phi) is 3.01. The van der Waals surface area contributed by atoms with Crippen LogP contribution in [0.3, 0.4) is 0 Å². The second kappa shape index (κ2) is 3.85. The number of anilines is 2. The maximum atomic E-state index is 11.2. The number of carbonyl (C=O) groups excluding carboxylic acids is 1. The van der Waals surface area contributed by atoms with Crippen molar-refractivity contribution < 1.29 is 4.79 Å². The smallest absolute Gasteiger partial charge is 0.179 e. The SMILES string of the molecule is Nc1c(Cl)ccc(C(=O)CCl)c1N. The van der Waals surface area contributed by atoms with E-state index in [1.807, 2.05) is 0 Å². The van der Waals surface area contributed by atoms with Gasteiger partial charge in [-0.15, -0.1) is 11.6 Å². The van der Waals surface area contributed by atoms with E-state index in [1.165, 1.54) is 12.1 Å². The Labute approximate surface area is 85.6 Å².